The zero-order chi connectivity index (χ0) is 12.0. The first-order valence-corrected chi connectivity index (χ1v) is 5.37. The second kappa shape index (κ2) is 6.12. The van der Waals surface area contributed by atoms with Crippen molar-refractivity contribution in [3.05, 3.63) is 35.4 Å². The van der Waals surface area contributed by atoms with Crippen LogP contribution < -0.4 is 11.1 Å². The molecular weight excluding hydrogens is 202 g/mol. The van der Waals surface area contributed by atoms with E-state index >= 15 is 0 Å². The van der Waals surface area contributed by atoms with Gasteiger partial charge in [-0.3, -0.25) is 0 Å². The van der Waals surface area contributed by atoms with Gasteiger partial charge >= 0.3 is 0 Å². The van der Waals surface area contributed by atoms with Gasteiger partial charge in [0.05, 0.1) is 0 Å². The summed E-state index contributed by atoms with van der Waals surface area (Å²) in [7, 11) is 0. The molecule has 1 atom stereocenters. The monoisotopic (exact) mass is 221 g/mol. The van der Waals surface area contributed by atoms with Crippen LogP contribution in [0, 0.1) is 6.92 Å². The van der Waals surface area contributed by atoms with Crippen molar-refractivity contribution in [3.63, 3.8) is 0 Å². The van der Waals surface area contributed by atoms with E-state index in [2.05, 4.69) is 41.7 Å². The van der Waals surface area contributed by atoms with E-state index < -0.39 is 0 Å². The Morgan fingerprint density at radius 3 is 2.62 bits per heavy atom. The molecule has 1 unspecified atom stereocenters. The highest BCUT2D eigenvalue weighted by atomic mass is 16.4. The summed E-state index contributed by atoms with van der Waals surface area (Å²) in [5, 5.41) is 14.7. The Labute approximate surface area is 96.2 Å². The number of benzene rings is 1. The number of nitrogens with two attached hydrogens (primary N) is 1. The van der Waals surface area contributed by atoms with Gasteiger partial charge in [0.25, 0.3) is 0 Å². The maximum atomic E-state index is 8.43. The summed E-state index contributed by atoms with van der Waals surface area (Å²) in [5.74, 6) is 0.254. The average molecular weight is 221 g/mol. The number of oxime groups is 1. The minimum absolute atomic E-state index is 0.192. The maximum Gasteiger partial charge on any atom is 0.140 e. The largest absolute Gasteiger partial charge is 0.409 e. The van der Waals surface area contributed by atoms with Crippen LogP contribution in [0.4, 0.5) is 0 Å². The number of rotatable bonds is 5. The molecule has 1 rings (SSSR count). The van der Waals surface area contributed by atoms with Crippen LogP contribution in [0.3, 0.4) is 0 Å². The molecule has 0 heterocycles. The predicted molar refractivity (Wildman–Crippen MR) is 65.5 cm³/mol. The van der Waals surface area contributed by atoms with Crippen molar-refractivity contribution < 1.29 is 5.21 Å². The first-order valence-electron chi connectivity index (χ1n) is 5.37. The third-order valence-corrected chi connectivity index (χ3v) is 2.42. The lowest BCUT2D eigenvalue weighted by atomic mass is 10.1. The standard InChI is InChI=1S/C12H19N3O/c1-9-3-5-11(6-4-9)8-14-10(2)7-12(13)15-16/h3-6,10,14,16H,7-8H2,1-2H3,(H2,13,15). The molecule has 0 aliphatic rings. The van der Waals surface area contributed by atoms with Gasteiger partial charge in [-0.05, 0) is 19.4 Å². The summed E-state index contributed by atoms with van der Waals surface area (Å²) in [4.78, 5) is 0. The molecule has 16 heavy (non-hydrogen) atoms. The fourth-order valence-electron chi connectivity index (χ4n) is 1.42. The van der Waals surface area contributed by atoms with Gasteiger partial charge in [-0.2, -0.15) is 0 Å². The van der Waals surface area contributed by atoms with E-state index in [4.69, 9.17) is 10.9 Å². The van der Waals surface area contributed by atoms with Gasteiger partial charge in [-0.1, -0.05) is 35.0 Å². The van der Waals surface area contributed by atoms with Crippen LogP contribution in [-0.2, 0) is 6.54 Å². The van der Waals surface area contributed by atoms with Gasteiger partial charge in [-0.25, -0.2) is 0 Å². The zero-order valence-electron chi connectivity index (χ0n) is 9.77. The second-order valence-corrected chi connectivity index (χ2v) is 4.06. The van der Waals surface area contributed by atoms with Gasteiger partial charge in [0.1, 0.15) is 5.84 Å². The molecule has 4 N–H and O–H groups in total. The maximum absolute atomic E-state index is 8.43. The smallest absolute Gasteiger partial charge is 0.140 e. The number of amidine groups is 1. The number of nitrogens with zero attached hydrogens (tertiary/aromatic N) is 1. The van der Waals surface area contributed by atoms with Crippen LogP contribution in [0.15, 0.2) is 29.4 Å². The fourth-order valence-corrected chi connectivity index (χ4v) is 1.42. The van der Waals surface area contributed by atoms with Gasteiger partial charge < -0.3 is 16.3 Å². The van der Waals surface area contributed by atoms with Gasteiger partial charge in [0, 0.05) is 19.0 Å². The molecule has 0 saturated carbocycles. The molecule has 0 fully saturated rings. The summed E-state index contributed by atoms with van der Waals surface area (Å²) in [5.41, 5.74) is 7.91. The highest BCUT2D eigenvalue weighted by molar-refractivity contribution is 5.80. The molecule has 88 valence electrons. The Bertz CT molecular complexity index is 346. The highest BCUT2D eigenvalue weighted by Gasteiger charge is 2.04. The summed E-state index contributed by atoms with van der Waals surface area (Å²) in [6.45, 7) is 4.87. The Hall–Kier alpha value is -1.55. The molecule has 0 aliphatic carbocycles. The highest BCUT2D eigenvalue weighted by Crippen LogP contribution is 2.03. The molecule has 0 radical (unpaired) electrons. The average Bonchev–Trinajstić information content (AvgIpc) is 2.28. The molecular formula is C12H19N3O. The minimum atomic E-state index is 0.192. The van der Waals surface area contributed by atoms with E-state index in [0.717, 1.165) is 6.54 Å². The molecule has 0 aliphatic heterocycles. The molecule has 0 saturated heterocycles. The molecule has 4 heteroatoms. The molecule has 4 nitrogen and oxygen atoms in total. The third kappa shape index (κ3) is 4.31. The fraction of sp³-hybridized carbons (Fsp3) is 0.417. The lowest BCUT2D eigenvalue weighted by Gasteiger charge is -2.12. The van der Waals surface area contributed by atoms with Crippen LogP contribution >= 0.6 is 0 Å². The number of nitrogens with one attached hydrogen (secondary N) is 1. The molecule has 0 aromatic heterocycles. The molecule has 0 bridgehead atoms. The number of aryl methyl sites for hydroxylation is 1. The van der Waals surface area contributed by atoms with Gasteiger partial charge in [-0.15, -0.1) is 0 Å². The van der Waals surface area contributed by atoms with Crippen LogP contribution in [0.5, 0.6) is 0 Å². The zero-order valence-corrected chi connectivity index (χ0v) is 9.77. The van der Waals surface area contributed by atoms with Crippen LogP contribution in [0.1, 0.15) is 24.5 Å². The van der Waals surface area contributed by atoms with E-state index in [1.165, 1.54) is 11.1 Å². The lowest BCUT2D eigenvalue weighted by molar-refractivity contribution is 0.316. The van der Waals surface area contributed by atoms with Crippen LogP contribution in [-0.4, -0.2) is 17.1 Å². The van der Waals surface area contributed by atoms with E-state index in [9.17, 15) is 0 Å². The quantitative estimate of drug-likeness (QED) is 0.306. The first kappa shape index (κ1) is 12.5. The lowest BCUT2D eigenvalue weighted by Crippen LogP contribution is -2.30. The Morgan fingerprint density at radius 2 is 2.06 bits per heavy atom. The molecule has 0 amide bonds. The van der Waals surface area contributed by atoms with E-state index in [-0.39, 0.29) is 11.9 Å². The SMILES string of the molecule is Cc1ccc(CNC(C)CC(N)=NO)cc1. The molecule has 1 aromatic rings. The second-order valence-electron chi connectivity index (χ2n) is 4.06. The van der Waals surface area contributed by atoms with Crippen molar-refractivity contribution in [1.82, 2.24) is 5.32 Å². The van der Waals surface area contributed by atoms with Crippen LogP contribution in [0.25, 0.3) is 0 Å². The first-order chi connectivity index (χ1) is 7.61. The van der Waals surface area contributed by atoms with Gasteiger partial charge in [0.15, 0.2) is 0 Å². The Morgan fingerprint density at radius 1 is 1.44 bits per heavy atom. The Kier molecular flexibility index (Phi) is 4.79. The summed E-state index contributed by atoms with van der Waals surface area (Å²) in [6.07, 6.45) is 0.544. The van der Waals surface area contributed by atoms with Crippen molar-refractivity contribution in [2.45, 2.75) is 32.9 Å². The normalized spacial score (nSPS) is 13.8. The summed E-state index contributed by atoms with van der Waals surface area (Å²) in [6, 6.07) is 8.56. The van der Waals surface area contributed by atoms with Crippen molar-refractivity contribution in [3.8, 4) is 0 Å². The topological polar surface area (TPSA) is 70.6 Å². The predicted octanol–water partition coefficient (Wildman–Crippen LogP) is 1.61. The van der Waals surface area contributed by atoms with Crippen molar-refractivity contribution in [1.29, 1.82) is 0 Å². The van der Waals surface area contributed by atoms with E-state index in [1.54, 1.807) is 0 Å². The van der Waals surface area contributed by atoms with Crippen molar-refractivity contribution in [2.24, 2.45) is 10.9 Å². The number of hydrogen-bond donors (Lipinski definition) is 3. The van der Waals surface area contributed by atoms with E-state index in [0.29, 0.717) is 6.42 Å². The van der Waals surface area contributed by atoms with Crippen LogP contribution in [0.2, 0.25) is 0 Å². The van der Waals surface area contributed by atoms with Crippen molar-refractivity contribution in [2.75, 3.05) is 0 Å². The third-order valence-electron chi connectivity index (χ3n) is 2.42. The van der Waals surface area contributed by atoms with Gasteiger partial charge in [0.2, 0.25) is 0 Å². The van der Waals surface area contributed by atoms with Crippen molar-refractivity contribution >= 4 is 5.84 Å². The molecule has 1 aromatic carbocycles. The summed E-state index contributed by atoms with van der Waals surface area (Å²) < 4.78 is 0. The van der Waals surface area contributed by atoms with E-state index in [1.807, 2.05) is 6.92 Å². The molecule has 0 spiro atoms. The Balaban J connectivity index is 2.37. The summed E-state index contributed by atoms with van der Waals surface area (Å²) >= 11 is 0. The minimum Gasteiger partial charge on any atom is -0.409 e. The number of hydrogen-bond acceptors (Lipinski definition) is 3.